The molecule has 1 fully saturated rings. The number of aliphatic hydroxyl groups is 1. The van der Waals surface area contributed by atoms with Gasteiger partial charge in [0.2, 0.25) is 0 Å². The smallest absolute Gasteiger partial charge is 0.348 e. The van der Waals surface area contributed by atoms with E-state index in [1.807, 2.05) is 37.3 Å². The minimum absolute atomic E-state index is 0.166. The Hall–Kier alpha value is -2.58. The number of benzene rings is 1. The molecule has 32 heavy (non-hydrogen) atoms. The van der Waals surface area contributed by atoms with E-state index in [0.29, 0.717) is 17.7 Å². The number of hydrogen-bond donors (Lipinski definition) is 1. The van der Waals surface area contributed by atoms with Crippen molar-refractivity contribution in [2.75, 3.05) is 13.7 Å². The maximum atomic E-state index is 14.1. The van der Waals surface area contributed by atoms with Crippen molar-refractivity contribution in [3.63, 3.8) is 0 Å². The highest BCUT2D eigenvalue weighted by molar-refractivity contribution is 7.13. The van der Waals surface area contributed by atoms with Crippen LogP contribution in [0.1, 0.15) is 45.8 Å². The molecule has 8 heteroatoms. The summed E-state index contributed by atoms with van der Waals surface area (Å²) in [4.78, 5) is 26.4. The second-order valence-corrected chi connectivity index (χ2v) is 9.08. The summed E-state index contributed by atoms with van der Waals surface area (Å²) in [6, 6.07) is 12.1. The van der Waals surface area contributed by atoms with E-state index < -0.39 is 36.4 Å². The van der Waals surface area contributed by atoms with Crippen molar-refractivity contribution >= 4 is 23.2 Å². The Morgan fingerprint density at radius 1 is 1.31 bits per heavy atom. The van der Waals surface area contributed by atoms with E-state index in [4.69, 9.17) is 0 Å². The van der Waals surface area contributed by atoms with Crippen LogP contribution < -0.4 is 0 Å². The number of carbonyl (C=O) groups is 2. The number of carbonyl (C=O) groups excluding carboxylic acids is 2. The average Bonchev–Trinajstić information content (AvgIpc) is 3.35. The van der Waals surface area contributed by atoms with E-state index in [9.17, 15) is 23.5 Å². The van der Waals surface area contributed by atoms with Gasteiger partial charge >= 0.3 is 11.9 Å². The fourth-order valence-corrected chi connectivity index (χ4v) is 4.74. The van der Waals surface area contributed by atoms with Gasteiger partial charge in [-0.25, -0.2) is 4.79 Å². The number of rotatable bonds is 9. The van der Waals surface area contributed by atoms with E-state index in [1.165, 1.54) is 35.5 Å². The number of thiophene rings is 1. The lowest BCUT2D eigenvalue weighted by atomic mass is 9.94. The second-order valence-electron chi connectivity index (χ2n) is 7.91. The number of likely N-dealkylation sites (tertiary alicyclic amines) is 1. The van der Waals surface area contributed by atoms with E-state index in [1.54, 1.807) is 12.1 Å². The highest BCUT2D eigenvalue weighted by Gasteiger charge is 2.52. The Kier molecular flexibility index (Phi) is 7.79. The Morgan fingerprint density at radius 2 is 2.03 bits per heavy atom. The van der Waals surface area contributed by atoms with Crippen LogP contribution in [0.15, 0.2) is 54.6 Å². The van der Waals surface area contributed by atoms with Crippen molar-refractivity contribution < 1.29 is 28.2 Å². The maximum absolute atomic E-state index is 14.1. The van der Waals surface area contributed by atoms with Gasteiger partial charge in [-0.05, 0) is 30.5 Å². The third-order valence-electron chi connectivity index (χ3n) is 5.68. The minimum Gasteiger partial charge on any atom is -0.465 e. The van der Waals surface area contributed by atoms with Crippen LogP contribution >= 0.6 is 11.3 Å². The van der Waals surface area contributed by atoms with Gasteiger partial charge in [-0.2, -0.15) is 8.78 Å². The Morgan fingerprint density at radius 3 is 2.72 bits per heavy atom. The van der Waals surface area contributed by atoms with Gasteiger partial charge in [0, 0.05) is 23.8 Å². The molecule has 0 radical (unpaired) electrons. The summed E-state index contributed by atoms with van der Waals surface area (Å²) >= 11 is 1.29. The second kappa shape index (κ2) is 10.4. The van der Waals surface area contributed by atoms with E-state index in [2.05, 4.69) is 4.74 Å². The van der Waals surface area contributed by atoms with Gasteiger partial charge in [0.1, 0.15) is 4.88 Å². The van der Waals surface area contributed by atoms with Gasteiger partial charge < -0.3 is 14.7 Å². The summed E-state index contributed by atoms with van der Waals surface area (Å²) in [5, 5.41) is 10.5. The molecular formula is C24H27F2NO4S. The molecule has 1 aliphatic heterocycles. The Balaban J connectivity index is 1.61. The number of halogens is 2. The maximum Gasteiger partial charge on any atom is 0.348 e. The first-order valence-corrected chi connectivity index (χ1v) is 11.3. The number of alkyl halides is 2. The van der Waals surface area contributed by atoms with Gasteiger partial charge in [-0.1, -0.05) is 49.4 Å². The number of hydrogen-bond acceptors (Lipinski definition) is 5. The van der Waals surface area contributed by atoms with Crippen LogP contribution in [0, 0.1) is 0 Å². The van der Waals surface area contributed by atoms with Gasteiger partial charge in [0.15, 0.2) is 0 Å². The molecule has 1 aliphatic rings. The number of aliphatic hydroxyl groups excluding tert-OH is 1. The molecule has 2 heterocycles. The first-order chi connectivity index (χ1) is 15.2. The van der Waals surface area contributed by atoms with Crippen molar-refractivity contribution in [1.29, 1.82) is 0 Å². The SMILES string of the molecule is COC(=O)c1ccc(CCCN2C(=O)C(F)(F)C[C@@H]2/C=C/C(O)[C@@H](C)c2ccccc2)s1. The molecule has 1 unspecified atom stereocenters. The fourth-order valence-electron chi connectivity index (χ4n) is 3.77. The summed E-state index contributed by atoms with van der Waals surface area (Å²) in [6.07, 6.45) is 2.61. The molecule has 0 aliphatic carbocycles. The van der Waals surface area contributed by atoms with Gasteiger partial charge in [0.25, 0.3) is 5.91 Å². The molecule has 3 atom stereocenters. The van der Waals surface area contributed by atoms with Crippen molar-refractivity contribution in [2.24, 2.45) is 0 Å². The average molecular weight is 464 g/mol. The predicted molar refractivity (Wildman–Crippen MR) is 119 cm³/mol. The monoisotopic (exact) mass is 463 g/mol. The fraction of sp³-hybridized carbons (Fsp3) is 0.417. The van der Waals surface area contributed by atoms with E-state index >= 15 is 0 Å². The lowest BCUT2D eigenvalue weighted by Crippen LogP contribution is -2.36. The van der Waals surface area contributed by atoms with Crippen molar-refractivity contribution in [2.45, 2.75) is 50.2 Å². The van der Waals surface area contributed by atoms with Crippen molar-refractivity contribution in [1.82, 2.24) is 4.90 Å². The third kappa shape index (κ3) is 5.61. The van der Waals surface area contributed by atoms with Crippen LogP contribution in [-0.2, 0) is 16.0 Å². The summed E-state index contributed by atoms with van der Waals surface area (Å²) < 4.78 is 32.9. The number of aryl methyl sites for hydroxylation is 1. The van der Waals surface area contributed by atoms with Crippen molar-refractivity contribution in [3.05, 3.63) is 69.9 Å². The number of amides is 1. The third-order valence-corrected chi connectivity index (χ3v) is 6.80. The van der Waals surface area contributed by atoms with Gasteiger partial charge in [-0.3, -0.25) is 4.79 Å². The molecular weight excluding hydrogens is 436 g/mol. The van der Waals surface area contributed by atoms with Crippen LogP contribution in [0.4, 0.5) is 8.78 Å². The topological polar surface area (TPSA) is 66.8 Å². The number of methoxy groups -OCH3 is 1. The first kappa shape index (κ1) is 24.1. The molecule has 1 aromatic heterocycles. The zero-order valence-electron chi connectivity index (χ0n) is 18.0. The summed E-state index contributed by atoms with van der Waals surface area (Å²) in [5.41, 5.74) is 0.941. The molecule has 0 saturated carbocycles. The molecule has 5 nitrogen and oxygen atoms in total. The molecule has 1 saturated heterocycles. The molecule has 172 valence electrons. The molecule has 3 rings (SSSR count). The normalized spacial score (nSPS) is 20.0. The molecule has 1 N–H and O–H groups in total. The highest BCUT2D eigenvalue weighted by Crippen LogP contribution is 2.35. The van der Waals surface area contributed by atoms with Gasteiger partial charge in [0.05, 0.1) is 19.3 Å². The zero-order valence-corrected chi connectivity index (χ0v) is 18.9. The van der Waals surface area contributed by atoms with Gasteiger partial charge in [-0.15, -0.1) is 11.3 Å². The standard InChI is InChI=1S/C24H27F2NO4S/c1-16(17-7-4-3-5-8-17)20(28)12-10-18-15-24(25,26)23(30)27(18)14-6-9-19-11-13-21(32-19)22(29)31-2/h3-5,7-8,10-13,16,18,20,28H,6,9,14-15H2,1-2H3/b12-10+/t16-,18-,20?/m0/s1. The van der Waals surface area contributed by atoms with Crippen LogP contribution in [0.2, 0.25) is 0 Å². The van der Waals surface area contributed by atoms with E-state index in [0.717, 1.165) is 10.4 Å². The summed E-state index contributed by atoms with van der Waals surface area (Å²) in [6.45, 7) is 2.03. The Labute approximate surface area is 190 Å². The molecule has 0 bridgehead atoms. The van der Waals surface area contributed by atoms with Crippen LogP contribution in [0.3, 0.4) is 0 Å². The molecule has 1 aromatic carbocycles. The Bertz CT molecular complexity index is 960. The van der Waals surface area contributed by atoms with E-state index in [-0.39, 0.29) is 12.5 Å². The summed E-state index contributed by atoms with van der Waals surface area (Å²) in [7, 11) is 1.31. The molecule has 1 amide bonds. The van der Waals surface area contributed by atoms with Crippen molar-refractivity contribution in [3.8, 4) is 0 Å². The lowest BCUT2D eigenvalue weighted by molar-refractivity contribution is -0.148. The van der Waals surface area contributed by atoms with Crippen LogP contribution in [0.25, 0.3) is 0 Å². The number of ether oxygens (including phenoxy) is 1. The quantitative estimate of drug-likeness (QED) is 0.442. The zero-order chi connectivity index (χ0) is 23.3. The number of esters is 1. The van der Waals surface area contributed by atoms with Crippen LogP contribution in [0.5, 0.6) is 0 Å². The largest absolute Gasteiger partial charge is 0.465 e. The minimum atomic E-state index is -3.41. The summed E-state index contributed by atoms with van der Waals surface area (Å²) in [5.74, 6) is -5.21. The highest BCUT2D eigenvalue weighted by atomic mass is 32.1. The van der Waals surface area contributed by atoms with Crippen LogP contribution in [-0.4, -0.2) is 53.6 Å². The molecule has 2 aromatic rings. The predicted octanol–water partition coefficient (Wildman–Crippen LogP) is 4.42. The number of nitrogens with zero attached hydrogens (tertiary/aromatic N) is 1. The molecule has 0 spiro atoms. The first-order valence-electron chi connectivity index (χ1n) is 10.5. The lowest BCUT2D eigenvalue weighted by Gasteiger charge is -2.22.